The number of ketones is 1. The molecule has 2 aromatic carbocycles. The van der Waals surface area contributed by atoms with E-state index in [-0.39, 0.29) is 17.9 Å². The summed E-state index contributed by atoms with van der Waals surface area (Å²) in [7, 11) is 0. The van der Waals surface area contributed by atoms with Gasteiger partial charge in [0, 0.05) is 24.5 Å². The Morgan fingerprint density at radius 3 is 2.48 bits per heavy atom. The van der Waals surface area contributed by atoms with Crippen LogP contribution in [0.4, 0.5) is 0 Å². The van der Waals surface area contributed by atoms with E-state index in [0.717, 1.165) is 16.7 Å². The number of rotatable bonds is 7. The highest BCUT2D eigenvalue weighted by Crippen LogP contribution is 2.40. The second-order valence-corrected chi connectivity index (χ2v) is 7.82. The number of ether oxygens (including phenoxy) is 1. The molecule has 3 aromatic rings. The number of amides is 1. The molecule has 1 N–H and O–H groups in total. The second kappa shape index (κ2) is 9.53. The average Bonchev–Trinajstić information content (AvgIpc) is 3.08. The van der Waals surface area contributed by atoms with E-state index in [9.17, 15) is 14.7 Å². The van der Waals surface area contributed by atoms with Gasteiger partial charge in [0.25, 0.3) is 11.7 Å². The molecule has 0 saturated carbocycles. The van der Waals surface area contributed by atoms with E-state index >= 15 is 0 Å². The monoisotopic (exact) mass is 440 g/mol. The van der Waals surface area contributed by atoms with Crippen LogP contribution in [0.3, 0.4) is 0 Å². The lowest BCUT2D eigenvalue weighted by atomic mass is 9.94. The number of likely N-dealkylation sites (tertiary alicyclic amines) is 1. The molecule has 1 fully saturated rings. The van der Waals surface area contributed by atoms with Crippen molar-refractivity contribution in [2.75, 3.05) is 6.61 Å². The number of benzene rings is 2. The number of nitrogens with zero attached hydrogens (tertiary/aromatic N) is 2. The van der Waals surface area contributed by atoms with Crippen LogP contribution in [0.15, 0.2) is 91.3 Å². The van der Waals surface area contributed by atoms with Crippen LogP contribution in [0.5, 0.6) is 5.75 Å². The number of hydrogen-bond donors (Lipinski definition) is 1. The van der Waals surface area contributed by atoms with E-state index in [2.05, 4.69) is 11.6 Å². The highest BCUT2D eigenvalue weighted by atomic mass is 16.5. The summed E-state index contributed by atoms with van der Waals surface area (Å²) in [5, 5.41) is 11.2. The Hall–Kier alpha value is -4.19. The first-order valence-corrected chi connectivity index (χ1v) is 10.6. The van der Waals surface area contributed by atoms with E-state index in [1.807, 2.05) is 37.3 Å². The van der Waals surface area contributed by atoms with Crippen molar-refractivity contribution >= 4 is 17.4 Å². The second-order valence-electron chi connectivity index (χ2n) is 7.82. The fourth-order valence-electron chi connectivity index (χ4n) is 3.85. The van der Waals surface area contributed by atoms with E-state index in [0.29, 0.717) is 17.9 Å². The molecule has 33 heavy (non-hydrogen) atoms. The molecule has 1 atom stereocenters. The highest BCUT2D eigenvalue weighted by molar-refractivity contribution is 6.46. The maximum Gasteiger partial charge on any atom is 0.295 e. The molecule has 0 unspecified atom stereocenters. The number of pyridine rings is 1. The number of aliphatic hydroxyl groups excluding tert-OH is 1. The maximum atomic E-state index is 13.1. The van der Waals surface area contributed by atoms with Gasteiger partial charge in [0.05, 0.1) is 11.6 Å². The van der Waals surface area contributed by atoms with E-state index < -0.39 is 17.7 Å². The zero-order valence-electron chi connectivity index (χ0n) is 18.3. The van der Waals surface area contributed by atoms with Gasteiger partial charge in [0.2, 0.25) is 0 Å². The van der Waals surface area contributed by atoms with Gasteiger partial charge in [-0.15, -0.1) is 0 Å². The molecule has 0 radical (unpaired) electrons. The van der Waals surface area contributed by atoms with E-state index in [1.54, 1.807) is 48.8 Å². The summed E-state index contributed by atoms with van der Waals surface area (Å²) in [6, 6.07) is 17.2. The largest absolute Gasteiger partial charge is 0.507 e. The molecular weight excluding hydrogens is 416 g/mol. The zero-order valence-corrected chi connectivity index (χ0v) is 18.3. The number of carbonyl (C=O) groups is 2. The van der Waals surface area contributed by atoms with Crippen LogP contribution in [0.2, 0.25) is 0 Å². The summed E-state index contributed by atoms with van der Waals surface area (Å²) < 4.78 is 5.49. The Bertz CT molecular complexity index is 1200. The molecule has 1 aromatic heterocycles. The summed E-state index contributed by atoms with van der Waals surface area (Å²) in [5.74, 6) is -0.979. The third kappa shape index (κ3) is 4.55. The van der Waals surface area contributed by atoms with Crippen molar-refractivity contribution in [3.63, 3.8) is 0 Å². The van der Waals surface area contributed by atoms with Crippen molar-refractivity contribution in [3.8, 4) is 5.75 Å². The van der Waals surface area contributed by atoms with Gasteiger partial charge >= 0.3 is 0 Å². The van der Waals surface area contributed by atoms with Gasteiger partial charge in [-0.3, -0.25) is 14.6 Å². The molecule has 0 bridgehead atoms. The van der Waals surface area contributed by atoms with Gasteiger partial charge in [-0.05, 0) is 48.4 Å². The van der Waals surface area contributed by atoms with E-state index in [4.69, 9.17) is 4.74 Å². The van der Waals surface area contributed by atoms with Gasteiger partial charge < -0.3 is 14.7 Å². The van der Waals surface area contributed by atoms with Crippen LogP contribution >= 0.6 is 0 Å². The zero-order chi connectivity index (χ0) is 23.4. The van der Waals surface area contributed by atoms with Crippen LogP contribution in [0, 0.1) is 6.92 Å². The molecule has 0 spiro atoms. The Morgan fingerprint density at radius 2 is 1.85 bits per heavy atom. The summed E-state index contributed by atoms with van der Waals surface area (Å²) in [6.45, 7) is 6.14. The maximum absolute atomic E-state index is 13.1. The number of Topliss-reactive ketones (excluding diaryl/α,β-unsaturated/α-hetero) is 1. The van der Waals surface area contributed by atoms with Gasteiger partial charge in [-0.2, -0.15) is 0 Å². The molecule has 1 saturated heterocycles. The number of carbonyl (C=O) groups excluding carboxylic acids is 2. The molecule has 0 aliphatic carbocycles. The molecule has 166 valence electrons. The molecule has 1 aliphatic heterocycles. The number of aryl methyl sites for hydroxylation is 1. The van der Waals surface area contributed by atoms with Crippen molar-refractivity contribution in [2.45, 2.75) is 19.5 Å². The SMILES string of the molecule is C=CCOc1ccc(/C(O)=C2\C(=O)C(=O)N(Cc3cccnc3)[C@H]2c2ccc(C)cc2)cc1. The summed E-state index contributed by atoms with van der Waals surface area (Å²) >= 11 is 0. The third-order valence-corrected chi connectivity index (χ3v) is 5.50. The van der Waals surface area contributed by atoms with Crippen LogP contribution < -0.4 is 4.74 Å². The normalized spacial score (nSPS) is 17.2. The molecule has 4 rings (SSSR count). The fraction of sp³-hybridized carbons (Fsp3) is 0.148. The number of aliphatic hydroxyl groups is 1. The van der Waals surface area contributed by atoms with Gasteiger partial charge in [0.15, 0.2) is 0 Å². The van der Waals surface area contributed by atoms with Crippen molar-refractivity contribution in [1.82, 2.24) is 9.88 Å². The first kappa shape index (κ1) is 22.0. The first-order chi connectivity index (χ1) is 16.0. The topological polar surface area (TPSA) is 79.7 Å². The molecule has 1 aliphatic rings. The Morgan fingerprint density at radius 1 is 1.12 bits per heavy atom. The van der Waals surface area contributed by atoms with Gasteiger partial charge in [-0.1, -0.05) is 48.6 Å². The van der Waals surface area contributed by atoms with Crippen LogP contribution in [-0.2, 0) is 16.1 Å². The van der Waals surface area contributed by atoms with Gasteiger partial charge in [0.1, 0.15) is 18.1 Å². The molecule has 1 amide bonds. The van der Waals surface area contributed by atoms with Crippen molar-refractivity contribution in [1.29, 1.82) is 0 Å². The average molecular weight is 440 g/mol. The highest BCUT2D eigenvalue weighted by Gasteiger charge is 2.46. The predicted octanol–water partition coefficient (Wildman–Crippen LogP) is 4.58. The minimum atomic E-state index is -0.720. The predicted molar refractivity (Wildman–Crippen MR) is 125 cm³/mol. The van der Waals surface area contributed by atoms with Gasteiger partial charge in [-0.25, -0.2) is 0 Å². The van der Waals surface area contributed by atoms with Crippen LogP contribution in [0.25, 0.3) is 5.76 Å². The lowest BCUT2D eigenvalue weighted by molar-refractivity contribution is -0.140. The Labute approximate surface area is 192 Å². The third-order valence-electron chi connectivity index (χ3n) is 5.50. The van der Waals surface area contributed by atoms with Crippen LogP contribution in [-0.4, -0.2) is 33.3 Å². The lowest BCUT2D eigenvalue weighted by Crippen LogP contribution is -2.29. The summed E-state index contributed by atoms with van der Waals surface area (Å²) in [5.41, 5.74) is 3.08. The molecule has 2 heterocycles. The lowest BCUT2D eigenvalue weighted by Gasteiger charge is -2.25. The Balaban J connectivity index is 1.78. The minimum Gasteiger partial charge on any atom is -0.507 e. The number of aromatic nitrogens is 1. The van der Waals surface area contributed by atoms with Crippen molar-refractivity contribution < 1.29 is 19.4 Å². The fourth-order valence-corrected chi connectivity index (χ4v) is 3.85. The van der Waals surface area contributed by atoms with Crippen molar-refractivity contribution in [3.05, 3.63) is 114 Å². The minimum absolute atomic E-state index is 0.0625. The standard InChI is InChI=1S/C27H24N2O4/c1-3-15-33-22-12-10-21(11-13-22)25(30)23-24(20-8-6-18(2)7-9-20)29(27(32)26(23)31)17-19-5-4-14-28-16-19/h3-14,16,24,30H,1,15,17H2,2H3/b25-23+/t24-/m0/s1. The molecule has 6 heteroatoms. The van der Waals surface area contributed by atoms with Crippen LogP contribution in [0.1, 0.15) is 28.3 Å². The molecule has 6 nitrogen and oxygen atoms in total. The quantitative estimate of drug-likeness (QED) is 0.252. The summed E-state index contributed by atoms with van der Waals surface area (Å²) in [6.07, 6.45) is 4.95. The first-order valence-electron chi connectivity index (χ1n) is 10.6. The molecular formula is C27H24N2O4. The smallest absolute Gasteiger partial charge is 0.295 e. The number of hydrogen-bond acceptors (Lipinski definition) is 5. The van der Waals surface area contributed by atoms with E-state index in [1.165, 1.54) is 4.90 Å². The Kier molecular flexibility index (Phi) is 6.36. The van der Waals surface area contributed by atoms with Crippen molar-refractivity contribution in [2.24, 2.45) is 0 Å². The summed E-state index contributed by atoms with van der Waals surface area (Å²) in [4.78, 5) is 31.8.